The Morgan fingerprint density at radius 1 is 0.375 bits per heavy atom. The van der Waals surface area contributed by atoms with E-state index in [-0.39, 0.29) is 18.5 Å². The second kappa shape index (κ2) is 48.0. The molecule has 0 heterocycles. The smallest absolute Gasteiger partial charge is 0.306 e. The Morgan fingerprint density at radius 3 is 1.09 bits per heavy atom. The first-order valence-corrected chi connectivity index (χ1v) is 25.2. The molecule has 0 aliphatic rings. The Kier molecular flexibility index (Phi) is 46.8. The van der Waals surface area contributed by atoms with Gasteiger partial charge in [-0.3, -0.25) is 9.59 Å². The summed E-state index contributed by atoms with van der Waals surface area (Å²) < 4.78 is 17.3. The highest BCUT2D eigenvalue weighted by atomic mass is 16.6. The van der Waals surface area contributed by atoms with Crippen LogP contribution in [0.2, 0.25) is 0 Å². The Bertz CT molecular complexity index is 810. The maximum absolute atomic E-state index is 12.7. The van der Waals surface area contributed by atoms with E-state index in [1.54, 1.807) is 0 Å². The molecule has 0 aromatic carbocycles. The van der Waals surface area contributed by atoms with Gasteiger partial charge in [-0.2, -0.15) is 0 Å². The van der Waals surface area contributed by atoms with E-state index in [4.69, 9.17) is 14.2 Å². The number of hydrogen-bond donors (Lipinski definition) is 0. The molecule has 0 fully saturated rings. The van der Waals surface area contributed by atoms with Gasteiger partial charge in [-0.1, -0.05) is 232 Å². The van der Waals surface area contributed by atoms with Gasteiger partial charge in [0.1, 0.15) is 6.61 Å². The molecule has 0 aliphatic heterocycles. The predicted molar refractivity (Wildman–Crippen MR) is 242 cm³/mol. The summed E-state index contributed by atoms with van der Waals surface area (Å²) in [6.07, 6.45) is 53.7. The van der Waals surface area contributed by atoms with Gasteiger partial charge in [0.25, 0.3) is 0 Å². The van der Waals surface area contributed by atoms with E-state index in [0.717, 1.165) is 51.4 Å². The standard InChI is InChI=1S/C51H98O5/c1-4-7-10-13-16-18-20-22-24-25-26-27-29-30-32-34-36-38-41-44-50(52)55-48-49(47-54-46-43-40-15-12-9-6-3)56-51(53)45-42-39-37-35-33-31-28-23-21-19-17-14-11-8-5-2/h23,28,49H,4-22,24-27,29-48H2,1-3H3/b28-23-. The first-order valence-electron chi connectivity index (χ1n) is 25.2. The predicted octanol–water partition coefficient (Wildman–Crippen LogP) is 16.7. The van der Waals surface area contributed by atoms with Crippen molar-refractivity contribution in [1.29, 1.82) is 0 Å². The lowest BCUT2D eigenvalue weighted by Crippen LogP contribution is -2.30. The summed E-state index contributed by atoms with van der Waals surface area (Å²) in [5, 5.41) is 0. The third kappa shape index (κ3) is 45.3. The van der Waals surface area contributed by atoms with Crippen molar-refractivity contribution < 1.29 is 23.8 Å². The van der Waals surface area contributed by atoms with Gasteiger partial charge in [-0.15, -0.1) is 0 Å². The summed E-state index contributed by atoms with van der Waals surface area (Å²) in [7, 11) is 0. The van der Waals surface area contributed by atoms with Crippen LogP contribution in [-0.2, 0) is 23.8 Å². The number of rotatable bonds is 47. The lowest BCUT2D eigenvalue weighted by atomic mass is 10.0. The van der Waals surface area contributed by atoms with E-state index in [0.29, 0.717) is 26.1 Å². The fourth-order valence-corrected chi connectivity index (χ4v) is 7.51. The molecule has 0 saturated heterocycles. The highest BCUT2D eigenvalue weighted by molar-refractivity contribution is 5.70. The van der Waals surface area contributed by atoms with Crippen LogP contribution in [0.3, 0.4) is 0 Å². The number of unbranched alkanes of at least 4 members (excludes halogenated alkanes) is 34. The van der Waals surface area contributed by atoms with E-state index in [9.17, 15) is 9.59 Å². The Morgan fingerprint density at radius 2 is 0.696 bits per heavy atom. The van der Waals surface area contributed by atoms with E-state index in [1.807, 2.05) is 0 Å². The Hall–Kier alpha value is -1.36. The Labute approximate surface area is 350 Å². The highest BCUT2D eigenvalue weighted by Gasteiger charge is 2.17. The van der Waals surface area contributed by atoms with Crippen LogP contribution in [0.1, 0.15) is 278 Å². The molecule has 0 amide bonds. The average Bonchev–Trinajstić information content (AvgIpc) is 3.20. The topological polar surface area (TPSA) is 61.8 Å². The molecule has 0 rings (SSSR count). The molecule has 0 aromatic heterocycles. The monoisotopic (exact) mass is 791 g/mol. The van der Waals surface area contributed by atoms with Crippen LogP contribution in [-0.4, -0.2) is 37.9 Å². The van der Waals surface area contributed by atoms with Crippen LogP contribution >= 0.6 is 0 Å². The van der Waals surface area contributed by atoms with E-state index in [2.05, 4.69) is 32.9 Å². The van der Waals surface area contributed by atoms with Gasteiger partial charge < -0.3 is 14.2 Å². The Balaban J connectivity index is 4.02. The van der Waals surface area contributed by atoms with Crippen molar-refractivity contribution in [3.05, 3.63) is 12.2 Å². The van der Waals surface area contributed by atoms with Crippen molar-refractivity contribution in [1.82, 2.24) is 0 Å². The van der Waals surface area contributed by atoms with Crippen molar-refractivity contribution >= 4 is 11.9 Å². The van der Waals surface area contributed by atoms with Crippen LogP contribution in [0.4, 0.5) is 0 Å². The van der Waals surface area contributed by atoms with Gasteiger partial charge >= 0.3 is 11.9 Å². The summed E-state index contributed by atoms with van der Waals surface area (Å²) in [5.41, 5.74) is 0. The number of hydrogen-bond acceptors (Lipinski definition) is 5. The molecule has 0 radical (unpaired) electrons. The average molecular weight is 791 g/mol. The minimum Gasteiger partial charge on any atom is -0.462 e. The summed E-state index contributed by atoms with van der Waals surface area (Å²) in [6, 6.07) is 0. The van der Waals surface area contributed by atoms with Crippen LogP contribution in [0, 0.1) is 0 Å². The molecule has 0 bridgehead atoms. The minimum absolute atomic E-state index is 0.0899. The summed E-state index contributed by atoms with van der Waals surface area (Å²) in [4.78, 5) is 25.2. The fraction of sp³-hybridized carbons (Fsp3) is 0.922. The van der Waals surface area contributed by atoms with Crippen LogP contribution in [0.15, 0.2) is 12.2 Å². The van der Waals surface area contributed by atoms with Gasteiger partial charge in [0, 0.05) is 19.4 Å². The van der Waals surface area contributed by atoms with E-state index >= 15 is 0 Å². The lowest BCUT2D eigenvalue weighted by molar-refractivity contribution is -0.163. The molecule has 0 spiro atoms. The van der Waals surface area contributed by atoms with Gasteiger partial charge in [0.05, 0.1) is 6.61 Å². The highest BCUT2D eigenvalue weighted by Crippen LogP contribution is 2.16. The molecule has 0 aromatic rings. The van der Waals surface area contributed by atoms with Gasteiger partial charge in [-0.25, -0.2) is 0 Å². The normalized spacial score (nSPS) is 12.1. The quantitative estimate of drug-likeness (QED) is 0.0349. The molecule has 1 atom stereocenters. The molecule has 5 heteroatoms. The van der Waals surface area contributed by atoms with Crippen LogP contribution in [0.25, 0.3) is 0 Å². The van der Waals surface area contributed by atoms with Crippen LogP contribution in [0.5, 0.6) is 0 Å². The van der Waals surface area contributed by atoms with Crippen molar-refractivity contribution in [2.75, 3.05) is 19.8 Å². The molecule has 0 aliphatic carbocycles. The number of carbonyl (C=O) groups is 2. The summed E-state index contributed by atoms with van der Waals surface area (Å²) in [5.74, 6) is -0.392. The number of esters is 2. The molecule has 56 heavy (non-hydrogen) atoms. The summed E-state index contributed by atoms with van der Waals surface area (Å²) >= 11 is 0. The maximum Gasteiger partial charge on any atom is 0.306 e. The maximum atomic E-state index is 12.7. The second-order valence-electron chi connectivity index (χ2n) is 17.1. The second-order valence-corrected chi connectivity index (χ2v) is 17.1. The molecular formula is C51H98O5. The minimum atomic E-state index is -0.528. The third-order valence-corrected chi connectivity index (χ3v) is 11.3. The van der Waals surface area contributed by atoms with Gasteiger partial charge in [0.15, 0.2) is 6.10 Å². The zero-order valence-corrected chi connectivity index (χ0v) is 38.2. The number of carbonyl (C=O) groups excluding carboxylic acids is 2. The van der Waals surface area contributed by atoms with E-state index in [1.165, 1.54) is 193 Å². The molecule has 0 saturated carbocycles. The largest absolute Gasteiger partial charge is 0.462 e. The SMILES string of the molecule is CCCCCCCC/C=C\CCCCCCCC(=O)OC(COCCCCCCCC)COC(=O)CCCCCCCCCCCCCCCCCCCCC. The molecular weight excluding hydrogens is 693 g/mol. The van der Waals surface area contributed by atoms with Crippen molar-refractivity contribution in [3.63, 3.8) is 0 Å². The fourth-order valence-electron chi connectivity index (χ4n) is 7.51. The zero-order chi connectivity index (χ0) is 40.7. The van der Waals surface area contributed by atoms with Gasteiger partial charge in [-0.05, 0) is 44.9 Å². The van der Waals surface area contributed by atoms with E-state index < -0.39 is 6.10 Å². The first-order chi connectivity index (χ1) is 27.6. The molecule has 5 nitrogen and oxygen atoms in total. The molecule has 332 valence electrons. The van der Waals surface area contributed by atoms with Crippen molar-refractivity contribution in [2.24, 2.45) is 0 Å². The first kappa shape index (κ1) is 54.6. The van der Waals surface area contributed by atoms with Crippen molar-refractivity contribution in [2.45, 2.75) is 284 Å². The third-order valence-electron chi connectivity index (χ3n) is 11.3. The molecule has 1 unspecified atom stereocenters. The molecule has 0 N–H and O–H groups in total. The van der Waals surface area contributed by atoms with Crippen LogP contribution < -0.4 is 0 Å². The zero-order valence-electron chi connectivity index (χ0n) is 38.2. The van der Waals surface area contributed by atoms with Crippen molar-refractivity contribution in [3.8, 4) is 0 Å². The van der Waals surface area contributed by atoms with Gasteiger partial charge in [0.2, 0.25) is 0 Å². The lowest BCUT2D eigenvalue weighted by Gasteiger charge is -2.18. The summed E-state index contributed by atoms with van der Waals surface area (Å²) in [6.45, 7) is 7.83. The number of ether oxygens (including phenoxy) is 3. The number of allylic oxidation sites excluding steroid dienone is 2.